The van der Waals surface area contributed by atoms with Crippen molar-refractivity contribution in [3.8, 4) is 0 Å². The van der Waals surface area contributed by atoms with E-state index in [0.29, 0.717) is 18.3 Å². The van der Waals surface area contributed by atoms with Gasteiger partial charge in [0.25, 0.3) is 24.7 Å². The molecule has 1 aliphatic rings. The number of hydrogen-bond acceptors (Lipinski definition) is 5. The van der Waals surface area contributed by atoms with E-state index in [1.54, 1.807) is 0 Å². The van der Waals surface area contributed by atoms with Crippen LogP contribution in [0.5, 0.6) is 0 Å². The summed E-state index contributed by atoms with van der Waals surface area (Å²) >= 11 is 0. The fourth-order valence-corrected chi connectivity index (χ4v) is 3.08. The number of amides is 1. The van der Waals surface area contributed by atoms with Crippen LogP contribution in [-0.4, -0.2) is 34.1 Å². The monoisotopic (exact) mass is 449 g/mol. The Morgan fingerprint density at radius 2 is 1.84 bits per heavy atom. The number of anilines is 1. The van der Waals surface area contributed by atoms with Crippen molar-refractivity contribution in [2.75, 3.05) is 5.32 Å². The molecule has 0 spiro atoms. The Labute approximate surface area is 170 Å². The number of carbonyl (C=O) groups is 1. The third kappa shape index (κ3) is 4.03. The molecule has 1 atom stereocenters. The number of nitrogens with one attached hydrogen (secondary N) is 1. The zero-order chi connectivity index (χ0) is 23.0. The zero-order valence-corrected chi connectivity index (χ0v) is 15.4. The number of carbonyl (C=O) groups excluding carboxylic acids is 1. The SMILES string of the molecule is NC1=N[C@@](c2cc(NC(=O)c3cnc(C(F)F)cn3)ccc2F)(C(F)F)C(F)(F)CC1. The Bertz CT molecular complexity index is 1010. The van der Waals surface area contributed by atoms with E-state index in [9.17, 15) is 35.5 Å². The number of hydrogen-bond donors (Lipinski definition) is 2. The quantitative estimate of drug-likeness (QED) is 0.674. The number of rotatable bonds is 5. The van der Waals surface area contributed by atoms with Crippen molar-refractivity contribution in [3.05, 3.63) is 53.4 Å². The van der Waals surface area contributed by atoms with Gasteiger partial charge in [-0.3, -0.25) is 9.78 Å². The summed E-state index contributed by atoms with van der Waals surface area (Å²) < 4.78 is 96.5. The standard InChI is InChI=1S/C18H14F7N5O/c19-10-2-1-8(29-15(31)12-7-27-11(6-28-12)14(20)21)5-9(10)18(16(22)23)17(24,25)4-3-13(26)30-18/h1-2,5-7,14,16H,3-4H2,(H2,26,30)(H,29,31)/t18-/m0/s1. The summed E-state index contributed by atoms with van der Waals surface area (Å²) in [6, 6.07) is 2.14. The Morgan fingerprint density at radius 3 is 2.42 bits per heavy atom. The average Bonchev–Trinajstić information content (AvgIpc) is 2.71. The van der Waals surface area contributed by atoms with Crippen LogP contribution < -0.4 is 11.1 Å². The van der Waals surface area contributed by atoms with Gasteiger partial charge in [0.1, 0.15) is 17.2 Å². The van der Waals surface area contributed by atoms with E-state index < -0.39 is 71.7 Å². The van der Waals surface area contributed by atoms with Crippen LogP contribution >= 0.6 is 0 Å². The van der Waals surface area contributed by atoms with E-state index in [2.05, 4.69) is 20.3 Å². The molecule has 0 radical (unpaired) electrons. The molecule has 3 rings (SSSR count). The van der Waals surface area contributed by atoms with Crippen LogP contribution in [-0.2, 0) is 5.54 Å². The molecule has 0 saturated carbocycles. The average molecular weight is 449 g/mol. The van der Waals surface area contributed by atoms with Crippen LogP contribution in [0.3, 0.4) is 0 Å². The lowest BCUT2D eigenvalue weighted by molar-refractivity contribution is -0.145. The molecule has 0 saturated heterocycles. The van der Waals surface area contributed by atoms with Crippen molar-refractivity contribution in [2.45, 2.75) is 37.2 Å². The Kier molecular flexibility index (Phi) is 5.87. The van der Waals surface area contributed by atoms with Crippen molar-refractivity contribution in [1.82, 2.24) is 9.97 Å². The first kappa shape index (κ1) is 22.4. The first-order valence-corrected chi connectivity index (χ1v) is 8.69. The first-order valence-electron chi connectivity index (χ1n) is 8.69. The van der Waals surface area contributed by atoms with Crippen molar-refractivity contribution < 1.29 is 35.5 Å². The highest BCUT2D eigenvalue weighted by molar-refractivity contribution is 6.02. The van der Waals surface area contributed by atoms with Crippen molar-refractivity contribution in [3.63, 3.8) is 0 Å². The fraction of sp³-hybridized carbons (Fsp3) is 0.333. The molecular formula is C18H14F7N5O. The van der Waals surface area contributed by atoms with E-state index in [-0.39, 0.29) is 5.69 Å². The summed E-state index contributed by atoms with van der Waals surface area (Å²) in [4.78, 5) is 22.3. The van der Waals surface area contributed by atoms with E-state index in [0.717, 1.165) is 12.3 Å². The molecule has 2 aromatic rings. The summed E-state index contributed by atoms with van der Waals surface area (Å²) in [6.45, 7) is 0. The highest BCUT2D eigenvalue weighted by Gasteiger charge is 2.63. The number of halogens is 7. The van der Waals surface area contributed by atoms with Gasteiger partial charge in [-0.15, -0.1) is 0 Å². The van der Waals surface area contributed by atoms with Crippen molar-refractivity contribution >= 4 is 17.4 Å². The van der Waals surface area contributed by atoms with Gasteiger partial charge in [0, 0.05) is 24.1 Å². The molecular weight excluding hydrogens is 435 g/mol. The zero-order valence-electron chi connectivity index (χ0n) is 15.4. The fourth-order valence-electron chi connectivity index (χ4n) is 3.08. The second kappa shape index (κ2) is 8.12. The molecule has 0 aliphatic carbocycles. The highest BCUT2D eigenvalue weighted by atomic mass is 19.3. The highest BCUT2D eigenvalue weighted by Crippen LogP contribution is 2.51. The van der Waals surface area contributed by atoms with Crippen LogP contribution in [0.25, 0.3) is 0 Å². The minimum Gasteiger partial charge on any atom is -0.387 e. The van der Waals surface area contributed by atoms with Gasteiger partial charge in [-0.25, -0.2) is 40.7 Å². The molecule has 0 fully saturated rings. The van der Waals surface area contributed by atoms with E-state index in [4.69, 9.17) is 5.73 Å². The molecule has 1 amide bonds. The van der Waals surface area contributed by atoms with Crippen molar-refractivity contribution in [2.24, 2.45) is 10.7 Å². The second-order valence-corrected chi connectivity index (χ2v) is 6.65. The number of aromatic nitrogens is 2. The largest absolute Gasteiger partial charge is 0.387 e. The number of nitrogens with zero attached hydrogens (tertiary/aromatic N) is 3. The van der Waals surface area contributed by atoms with Gasteiger partial charge in [-0.2, -0.15) is 0 Å². The molecule has 2 heterocycles. The van der Waals surface area contributed by atoms with Crippen molar-refractivity contribution in [1.29, 1.82) is 0 Å². The molecule has 6 nitrogen and oxygen atoms in total. The number of amidine groups is 1. The Hall–Kier alpha value is -3.25. The molecule has 3 N–H and O–H groups in total. The van der Waals surface area contributed by atoms with Gasteiger partial charge in [0.2, 0.25) is 5.54 Å². The third-order valence-corrected chi connectivity index (χ3v) is 4.65. The minimum absolute atomic E-state index is 0.337. The van der Waals surface area contributed by atoms with E-state index in [1.807, 2.05) is 0 Å². The van der Waals surface area contributed by atoms with Crippen LogP contribution in [0, 0.1) is 5.82 Å². The van der Waals surface area contributed by atoms with Crippen LogP contribution in [0.2, 0.25) is 0 Å². The predicted molar refractivity (Wildman–Crippen MR) is 94.8 cm³/mol. The lowest BCUT2D eigenvalue weighted by Crippen LogP contribution is -2.54. The smallest absolute Gasteiger partial charge is 0.283 e. The summed E-state index contributed by atoms with van der Waals surface area (Å²) in [7, 11) is 0. The predicted octanol–water partition coefficient (Wildman–Crippen LogP) is 4.05. The molecule has 0 bridgehead atoms. The van der Waals surface area contributed by atoms with Gasteiger partial charge in [0.15, 0.2) is 0 Å². The second-order valence-electron chi connectivity index (χ2n) is 6.65. The topological polar surface area (TPSA) is 93.3 Å². The maximum atomic E-state index is 14.6. The summed E-state index contributed by atoms with van der Waals surface area (Å²) in [5, 5.41) is 2.14. The maximum absolute atomic E-state index is 14.6. The number of benzene rings is 1. The van der Waals surface area contributed by atoms with E-state index >= 15 is 0 Å². The van der Waals surface area contributed by atoms with Gasteiger partial charge < -0.3 is 11.1 Å². The summed E-state index contributed by atoms with van der Waals surface area (Å²) in [5.74, 6) is -7.05. The van der Waals surface area contributed by atoms with Gasteiger partial charge >= 0.3 is 0 Å². The Morgan fingerprint density at radius 1 is 1.13 bits per heavy atom. The molecule has 1 aromatic carbocycles. The van der Waals surface area contributed by atoms with Gasteiger partial charge in [0.05, 0.1) is 18.2 Å². The molecule has 1 aliphatic heterocycles. The van der Waals surface area contributed by atoms with Crippen LogP contribution in [0.1, 0.15) is 41.0 Å². The van der Waals surface area contributed by atoms with Gasteiger partial charge in [-0.05, 0) is 18.2 Å². The van der Waals surface area contributed by atoms with Crippen LogP contribution in [0.15, 0.2) is 35.6 Å². The third-order valence-electron chi connectivity index (χ3n) is 4.65. The molecule has 31 heavy (non-hydrogen) atoms. The molecule has 166 valence electrons. The normalized spacial score (nSPS) is 20.6. The maximum Gasteiger partial charge on any atom is 0.283 e. The molecule has 0 unspecified atom stereocenters. The Balaban J connectivity index is 1.99. The lowest BCUT2D eigenvalue weighted by atomic mass is 9.79. The van der Waals surface area contributed by atoms with E-state index in [1.165, 1.54) is 0 Å². The van der Waals surface area contributed by atoms with Crippen LogP contribution in [0.4, 0.5) is 36.4 Å². The minimum atomic E-state index is -4.13. The lowest BCUT2D eigenvalue weighted by Gasteiger charge is -2.40. The van der Waals surface area contributed by atoms with Gasteiger partial charge in [-0.1, -0.05) is 0 Å². The number of nitrogens with two attached hydrogens (primary N) is 1. The molecule has 13 heteroatoms. The summed E-state index contributed by atoms with van der Waals surface area (Å²) in [5.41, 5.74) is -0.786. The first-order chi connectivity index (χ1) is 14.5. The number of alkyl halides is 6. The summed E-state index contributed by atoms with van der Waals surface area (Å²) in [6.07, 6.45) is -6.87. The number of aliphatic imine (C=N–C) groups is 1. The molecule has 1 aromatic heterocycles.